The van der Waals surface area contributed by atoms with Gasteiger partial charge in [0, 0.05) is 43.2 Å². The van der Waals surface area contributed by atoms with Crippen molar-refractivity contribution in [3.63, 3.8) is 0 Å². The molecule has 140 valence electrons. The normalized spacial score (nSPS) is 19.7. The van der Waals surface area contributed by atoms with Crippen LogP contribution in [0.3, 0.4) is 0 Å². The van der Waals surface area contributed by atoms with Gasteiger partial charge in [0.15, 0.2) is 5.78 Å². The Morgan fingerprint density at radius 3 is 2.41 bits per heavy atom. The van der Waals surface area contributed by atoms with Crippen molar-refractivity contribution in [2.24, 2.45) is 0 Å². The standard InChI is InChI=1S/C23H26N2O2/c1-2-22(26)19-8-3-6-17(14-19)18-7-4-9-20(15-18)23(27)25-13-12-24-11-5-10-21(24)16-25/h3-4,6-9,14-15,21H,2,5,10-13,16H2,1H3/t21-/m1/s1. The van der Waals surface area contributed by atoms with E-state index in [1.54, 1.807) is 0 Å². The monoisotopic (exact) mass is 362 g/mol. The fourth-order valence-electron chi connectivity index (χ4n) is 4.27. The summed E-state index contributed by atoms with van der Waals surface area (Å²) in [6.07, 6.45) is 2.94. The number of fused-ring (bicyclic) bond motifs is 1. The maximum Gasteiger partial charge on any atom is 0.253 e. The molecule has 2 aromatic carbocycles. The number of carbonyl (C=O) groups is 2. The Bertz CT molecular complexity index is 861. The summed E-state index contributed by atoms with van der Waals surface area (Å²) in [4.78, 5) is 29.6. The lowest BCUT2D eigenvalue weighted by Crippen LogP contribution is -2.52. The average Bonchev–Trinajstić information content (AvgIpc) is 3.20. The Morgan fingerprint density at radius 1 is 0.963 bits per heavy atom. The van der Waals surface area contributed by atoms with E-state index in [9.17, 15) is 9.59 Å². The summed E-state index contributed by atoms with van der Waals surface area (Å²) in [5, 5.41) is 0. The van der Waals surface area contributed by atoms with Crippen LogP contribution in [-0.2, 0) is 0 Å². The number of piperazine rings is 1. The molecule has 0 saturated carbocycles. The van der Waals surface area contributed by atoms with Crippen LogP contribution >= 0.6 is 0 Å². The van der Waals surface area contributed by atoms with E-state index in [0.29, 0.717) is 12.5 Å². The molecule has 0 aliphatic carbocycles. The van der Waals surface area contributed by atoms with Crippen molar-refractivity contribution in [1.29, 1.82) is 0 Å². The molecule has 2 aliphatic heterocycles. The fourth-order valence-corrected chi connectivity index (χ4v) is 4.27. The molecule has 0 bridgehead atoms. The third-order valence-corrected chi connectivity index (χ3v) is 5.82. The molecule has 4 heteroatoms. The van der Waals surface area contributed by atoms with Crippen LogP contribution in [-0.4, -0.2) is 53.7 Å². The van der Waals surface area contributed by atoms with E-state index in [0.717, 1.165) is 41.9 Å². The molecule has 2 aliphatic rings. The SMILES string of the molecule is CCC(=O)c1cccc(-c2cccc(C(=O)N3CCN4CCC[C@@H]4C3)c2)c1. The Kier molecular flexibility index (Phi) is 5.08. The van der Waals surface area contributed by atoms with Crippen molar-refractivity contribution in [2.45, 2.75) is 32.2 Å². The molecular formula is C23H26N2O2. The zero-order valence-electron chi connectivity index (χ0n) is 15.9. The van der Waals surface area contributed by atoms with Crippen molar-refractivity contribution in [3.8, 4) is 11.1 Å². The summed E-state index contributed by atoms with van der Waals surface area (Å²) < 4.78 is 0. The van der Waals surface area contributed by atoms with Crippen molar-refractivity contribution in [2.75, 3.05) is 26.2 Å². The predicted octanol–water partition coefficient (Wildman–Crippen LogP) is 3.87. The number of amides is 1. The molecule has 0 radical (unpaired) electrons. The van der Waals surface area contributed by atoms with Gasteiger partial charge in [0.2, 0.25) is 0 Å². The van der Waals surface area contributed by atoms with Crippen LogP contribution in [0.5, 0.6) is 0 Å². The van der Waals surface area contributed by atoms with Gasteiger partial charge in [-0.1, -0.05) is 37.3 Å². The molecule has 2 fully saturated rings. The van der Waals surface area contributed by atoms with Gasteiger partial charge in [-0.15, -0.1) is 0 Å². The Hall–Kier alpha value is -2.46. The summed E-state index contributed by atoms with van der Waals surface area (Å²) in [5.41, 5.74) is 3.41. The lowest BCUT2D eigenvalue weighted by molar-refractivity contribution is 0.0571. The van der Waals surface area contributed by atoms with E-state index in [1.165, 1.54) is 19.4 Å². The molecule has 0 unspecified atom stereocenters. The number of rotatable bonds is 4. The summed E-state index contributed by atoms with van der Waals surface area (Å²) >= 11 is 0. The topological polar surface area (TPSA) is 40.6 Å². The molecule has 27 heavy (non-hydrogen) atoms. The quantitative estimate of drug-likeness (QED) is 0.776. The minimum atomic E-state index is 0.115. The van der Waals surface area contributed by atoms with E-state index in [2.05, 4.69) is 4.90 Å². The highest BCUT2D eigenvalue weighted by Gasteiger charge is 2.32. The van der Waals surface area contributed by atoms with Crippen LogP contribution in [0.2, 0.25) is 0 Å². The van der Waals surface area contributed by atoms with Crippen molar-refractivity contribution in [3.05, 3.63) is 59.7 Å². The van der Waals surface area contributed by atoms with E-state index >= 15 is 0 Å². The Balaban J connectivity index is 1.56. The van der Waals surface area contributed by atoms with Crippen molar-refractivity contribution < 1.29 is 9.59 Å². The van der Waals surface area contributed by atoms with Crippen LogP contribution in [0.25, 0.3) is 11.1 Å². The summed E-state index contributed by atoms with van der Waals surface area (Å²) in [5.74, 6) is 0.253. The van der Waals surface area contributed by atoms with Crippen LogP contribution < -0.4 is 0 Å². The van der Waals surface area contributed by atoms with Gasteiger partial charge in [0.1, 0.15) is 0 Å². The third-order valence-electron chi connectivity index (χ3n) is 5.82. The van der Waals surface area contributed by atoms with Crippen LogP contribution in [0.1, 0.15) is 46.9 Å². The average molecular weight is 362 g/mol. The van der Waals surface area contributed by atoms with Gasteiger partial charge in [-0.3, -0.25) is 14.5 Å². The molecule has 0 N–H and O–H groups in total. The molecule has 2 saturated heterocycles. The van der Waals surface area contributed by atoms with Gasteiger partial charge in [-0.05, 0) is 48.7 Å². The lowest BCUT2D eigenvalue weighted by atomic mass is 9.98. The smallest absolute Gasteiger partial charge is 0.253 e. The largest absolute Gasteiger partial charge is 0.336 e. The summed E-state index contributed by atoms with van der Waals surface area (Å²) in [7, 11) is 0. The highest BCUT2D eigenvalue weighted by Crippen LogP contribution is 2.25. The zero-order chi connectivity index (χ0) is 18.8. The molecular weight excluding hydrogens is 336 g/mol. The number of nitrogens with zero attached hydrogens (tertiary/aromatic N) is 2. The van der Waals surface area contributed by atoms with Crippen LogP contribution in [0.4, 0.5) is 0 Å². The van der Waals surface area contributed by atoms with Gasteiger partial charge in [0.25, 0.3) is 5.91 Å². The first-order chi connectivity index (χ1) is 13.2. The fraction of sp³-hybridized carbons (Fsp3) is 0.391. The summed E-state index contributed by atoms with van der Waals surface area (Å²) in [6.45, 7) is 5.67. The Labute approximate surface area is 160 Å². The first-order valence-corrected chi connectivity index (χ1v) is 9.92. The van der Waals surface area contributed by atoms with E-state index < -0.39 is 0 Å². The Morgan fingerprint density at radius 2 is 1.67 bits per heavy atom. The third kappa shape index (κ3) is 3.67. The second-order valence-corrected chi connectivity index (χ2v) is 7.52. The summed E-state index contributed by atoms with van der Waals surface area (Å²) in [6, 6.07) is 16.0. The van der Waals surface area contributed by atoms with Crippen LogP contribution in [0, 0.1) is 0 Å². The molecule has 1 atom stereocenters. The number of ketones is 1. The van der Waals surface area contributed by atoms with Gasteiger partial charge in [-0.2, -0.15) is 0 Å². The lowest BCUT2D eigenvalue weighted by Gasteiger charge is -2.37. The van der Waals surface area contributed by atoms with Gasteiger partial charge in [0.05, 0.1) is 0 Å². The molecule has 4 nitrogen and oxygen atoms in total. The van der Waals surface area contributed by atoms with Crippen LogP contribution in [0.15, 0.2) is 48.5 Å². The minimum Gasteiger partial charge on any atom is -0.336 e. The minimum absolute atomic E-state index is 0.115. The van der Waals surface area contributed by atoms with E-state index in [-0.39, 0.29) is 11.7 Å². The number of hydrogen-bond donors (Lipinski definition) is 0. The van der Waals surface area contributed by atoms with Crippen molar-refractivity contribution >= 4 is 11.7 Å². The zero-order valence-corrected chi connectivity index (χ0v) is 15.9. The van der Waals surface area contributed by atoms with Gasteiger partial charge < -0.3 is 4.90 Å². The molecule has 4 rings (SSSR count). The number of hydrogen-bond acceptors (Lipinski definition) is 3. The number of carbonyl (C=O) groups excluding carboxylic acids is 2. The second-order valence-electron chi connectivity index (χ2n) is 7.52. The van der Waals surface area contributed by atoms with E-state index in [1.807, 2.05) is 60.4 Å². The maximum absolute atomic E-state index is 13.0. The molecule has 1 amide bonds. The van der Waals surface area contributed by atoms with Crippen molar-refractivity contribution in [1.82, 2.24) is 9.80 Å². The highest BCUT2D eigenvalue weighted by molar-refractivity contribution is 5.98. The molecule has 0 spiro atoms. The first-order valence-electron chi connectivity index (χ1n) is 9.92. The number of benzene rings is 2. The van der Waals surface area contributed by atoms with Gasteiger partial charge in [-0.25, -0.2) is 0 Å². The highest BCUT2D eigenvalue weighted by atomic mass is 16.2. The molecule has 0 aromatic heterocycles. The molecule has 2 heterocycles. The second kappa shape index (κ2) is 7.65. The first kappa shape index (κ1) is 17.9. The molecule has 2 aromatic rings. The predicted molar refractivity (Wildman–Crippen MR) is 107 cm³/mol. The van der Waals surface area contributed by atoms with Gasteiger partial charge >= 0.3 is 0 Å². The number of Topliss-reactive ketones (excluding diaryl/α,β-unsaturated/α-hetero) is 1. The maximum atomic E-state index is 13.0. The van der Waals surface area contributed by atoms with E-state index in [4.69, 9.17) is 0 Å².